The number of hydrogen-bond donors (Lipinski definition) is 2. The summed E-state index contributed by atoms with van der Waals surface area (Å²) in [6.07, 6.45) is 1.71. The SMILES string of the molecule is O=C(O)Cc1cc(Br)c(Oc2ccc(O)c(C(=O)N(c3ccccc3)C3CC3)c2)c(Br)c1. The summed E-state index contributed by atoms with van der Waals surface area (Å²) in [5.41, 5.74) is 1.53. The zero-order valence-electron chi connectivity index (χ0n) is 16.8. The van der Waals surface area contributed by atoms with Crippen molar-refractivity contribution >= 4 is 49.4 Å². The van der Waals surface area contributed by atoms with Gasteiger partial charge in [0.25, 0.3) is 5.91 Å². The number of para-hydroxylation sites is 1. The van der Waals surface area contributed by atoms with Crippen molar-refractivity contribution in [2.24, 2.45) is 0 Å². The van der Waals surface area contributed by atoms with E-state index >= 15 is 0 Å². The summed E-state index contributed by atoms with van der Waals surface area (Å²) in [5, 5.41) is 19.4. The van der Waals surface area contributed by atoms with E-state index in [4.69, 9.17) is 9.84 Å². The van der Waals surface area contributed by atoms with Crippen LogP contribution in [0.3, 0.4) is 0 Å². The third-order valence-electron chi connectivity index (χ3n) is 5.00. The van der Waals surface area contributed by atoms with E-state index in [0.29, 0.717) is 26.0 Å². The number of anilines is 1. The van der Waals surface area contributed by atoms with Gasteiger partial charge in [0.05, 0.1) is 20.9 Å². The zero-order chi connectivity index (χ0) is 22.8. The molecule has 1 fully saturated rings. The Morgan fingerprint density at radius 1 is 1.00 bits per heavy atom. The first kappa shape index (κ1) is 22.4. The maximum Gasteiger partial charge on any atom is 0.307 e. The molecule has 8 heteroatoms. The van der Waals surface area contributed by atoms with E-state index < -0.39 is 5.97 Å². The molecule has 164 valence electrons. The molecule has 0 heterocycles. The van der Waals surface area contributed by atoms with Gasteiger partial charge in [0.15, 0.2) is 5.75 Å². The Labute approximate surface area is 201 Å². The number of phenols is 1. The molecule has 2 N–H and O–H groups in total. The van der Waals surface area contributed by atoms with Crippen molar-refractivity contribution in [3.05, 3.63) is 80.7 Å². The number of hydrogen-bond acceptors (Lipinski definition) is 4. The molecule has 0 saturated heterocycles. The first-order chi connectivity index (χ1) is 15.3. The predicted molar refractivity (Wildman–Crippen MR) is 128 cm³/mol. The Hall–Kier alpha value is -2.84. The van der Waals surface area contributed by atoms with Gasteiger partial charge in [-0.15, -0.1) is 0 Å². The average molecular weight is 561 g/mol. The summed E-state index contributed by atoms with van der Waals surface area (Å²) in [6, 6.07) is 17.4. The highest BCUT2D eigenvalue weighted by Gasteiger charge is 2.35. The van der Waals surface area contributed by atoms with Gasteiger partial charge in [0.2, 0.25) is 0 Å². The summed E-state index contributed by atoms with van der Waals surface area (Å²) in [4.78, 5) is 26.1. The molecule has 0 atom stereocenters. The van der Waals surface area contributed by atoms with Crippen molar-refractivity contribution in [3.63, 3.8) is 0 Å². The Balaban J connectivity index is 1.63. The van der Waals surface area contributed by atoms with Gasteiger partial charge < -0.3 is 19.8 Å². The number of carbonyl (C=O) groups is 2. The van der Waals surface area contributed by atoms with E-state index in [9.17, 15) is 14.7 Å². The molecule has 4 rings (SSSR count). The van der Waals surface area contributed by atoms with Gasteiger partial charge >= 0.3 is 5.97 Å². The molecular formula is C24H19Br2NO5. The van der Waals surface area contributed by atoms with Crippen LogP contribution in [0.4, 0.5) is 5.69 Å². The van der Waals surface area contributed by atoms with Crippen LogP contribution in [0, 0.1) is 0 Å². The van der Waals surface area contributed by atoms with Gasteiger partial charge in [-0.1, -0.05) is 18.2 Å². The van der Waals surface area contributed by atoms with Crippen molar-refractivity contribution in [1.82, 2.24) is 0 Å². The number of amides is 1. The molecule has 1 aliphatic rings. The third-order valence-corrected chi connectivity index (χ3v) is 6.18. The minimum absolute atomic E-state index is 0.110. The summed E-state index contributed by atoms with van der Waals surface area (Å²) in [5.74, 6) is -0.555. The Kier molecular flexibility index (Phi) is 6.53. The van der Waals surface area contributed by atoms with E-state index in [1.807, 2.05) is 30.3 Å². The topological polar surface area (TPSA) is 87.1 Å². The number of rotatable bonds is 7. The van der Waals surface area contributed by atoms with E-state index in [1.54, 1.807) is 23.1 Å². The van der Waals surface area contributed by atoms with Crippen molar-refractivity contribution in [3.8, 4) is 17.2 Å². The fraction of sp³-hybridized carbons (Fsp3) is 0.167. The maximum absolute atomic E-state index is 13.4. The number of phenolic OH excluding ortho intramolecular Hbond substituents is 1. The van der Waals surface area contributed by atoms with Crippen LogP contribution in [0.1, 0.15) is 28.8 Å². The quantitative estimate of drug-likeness (QED) is 0.362. The monoisotopic (exact) mass is 559 g/mol. The van der Waals surface area contributed by atoms with Crippen molar-refractivity contribution < 1.29 is 24.5 Å². The summed E-state index contributed by atoms with van der Waals surface area (Å²) < 4.78 is 7.11. The molecule has 0 aliphatic heterocycles. The van der Waals surface area contributed by atoms with E-state index in [1.165, 1.54) is 12.1 Å². The molecule has 32 heavy (non-hydrogen) atoms. The first-order valence-electron chi connectivity index (χ1n) is 9.92. The van der Waals surface area contributed by atoms with Gasteiger partial charge in [0, 0.05) is 11.7 Å². The first-order valence-corrected chi connectivity index (χ1v) is 11.5. The summed E-state index contributed by atoms with van der Waals surface area (Å²) >= 11 is 6.83. The number of ether oxygens (including phenoxy) is 1. The van der Waals surface area contributed by atoms with Crippen molar-refractivity contribution in [2.45, 2.75) is 25.3 Å². The van der Waals surface area contributed by atoms with Crippen LogP contribution in [0.5, 0.6) is 17.2 Å². The lowest BCUT2D eigenvalue weighted by molar-refractivity contribution is -0.136. The molecule has 0 bridgehead atoms. The third kappa shape index (κ3) is 4.97. The number of benzene rings is 3. The van der Waals surface area contributed by atoms with Gasteiger partial charge in [0.1, 0.15) is 11.5 Å². The number of carboxylic acid groups (broad SMARTS) is 1. The van der Waals surface area contributed by atoms with Crippen LogP contribution in [-0.4, -0.2) is 28.1 Å². The van der Waals surface area contributed by atoms with Crippen LogP contribution < -0.4 is 9.64 Å². The smallest absolute Gasteiger partial charge is 0.307 e. The molecular weight excluding hydrogens is 542 g/mol. The number of aromatic hydroxyl groups is 1. The lowest BCUT2D eigenvalue weighted by atomic mass is 10.1. The highest BCUT2D eigenvalue weighted by Crippen LogP contribution is 2.40. The minimum atomic E-state index is -0.933. The molecule has 1 aliphatic carbocycles. The van der Waals surface area contributed by atoms with Crippen molar-refractivity contribution in [1.29, 1.82) is 0 Å². The Morgan fingerprint density at radius 3 is 2.25 bits per heavy atom. The lowest BCUT2D eigenvalue weighted by Gasteiger charge is -2.23. The molecule has 1 amide bonds. The molecule has 0 spiro atoms. The second kappa shape index (κ2) is 9.34. The second-order valence-corrected chi connectivity index (χ2v) is 9.19. The molecule has 1 saturated carbocycles. The number of carboxylic acids is 1. The highest BCUT2D eigenvalue weighted by molar-refractivity contribution is 9.11. The van der Waals surface area contributed by atoms with Gasteiger partial charge in [-0.3, -0.25) is 9.59 Å². The van der Waals surface area contributed by atoms with Crippen molar-refractivity contribution in [2.75, 3.05) is 4.90 Å². The van der Waals surface area contributed by atoms with Gasteiger partial charge in [-0.25, -0.2) is 0 Å². The second-order valence-electron chi connectivity index (χ2n) is 7.48. The summed E-state index contributed by atoms with van der Waals surface area (Å²) in [6.45, 7) is 0. The van der Waals surface area contributed by atoms with Gasteiger partial charge in [-0.2, -0.15) is 0 Å². The Morgan fingerprint density at radius 2 is 1.66 bits per heavy atom. The fourth-order valence-corrected chi connectivity index (χ4v) is 4.84. The van der Waals surface area contributed by atoms with E-state index in [0.717, 1.165) is 18.5 Å². The van der Waals surface area contributed by atoms with Crippen LogP contribution in [0.25, 0.3) is 0 Å². The molecule has 0 radical (unpaired) electrons. The Bertz CT molecular complexity index is 1160. The average Bonchev–Trinajstić information content (AvgIpc) is 3.57. The van der Waals surface area contributed by atoms with Crippen LogP contribution >= 0.6 is 31.9 Å². The van der Waals surface area contributed by atoms with Crippen LogP contribution in [0.15, 0.2) is 69.6 Å². The maximum atomic E-state index is 13.4. The van der Waals surface area contributed by atoms with Crippen LogP contribution in [0.2, 0.25) is 0 Å². The number of carbonyl (C=O) groups excluding carboxylic acids is 1. The number of aliphatic carboxylic acids is 1. The molecule has 3 aromatic rings. The largest absolute Gasteiger partial charge is 0.507 e. The molecule has 0 aromatic heterocycles. The van der Waals surface area contributed by atoms with E-state index in [-0.39, 0.29) is 29.7 Å². The number of nitrogens with zero attached hydrogens (tertiary/aromatic N) is 1. The predicted octanol–water partition coefficient (Wildman–Crippen LogP) is 6.15. The minimum Gasteiger partial charge on any atom is -0.507 e. The highest BCUT2D eigenvalue weighted by atomic mass is 79.9. The van der Waals surface area contributed by atoms with Crippen LogP contribution in [-0.2, 0) is 11.2 Å². The molecule has 6 nitrogen and oxygen atoms in total. The van der Waals surface area contributed by atoms with Gasteiger partial charge in [-0.05, 0) is 92.7 Å². The fourth-order valence-electron chi connectivity index (χ4n) is 3.40. The standard InChI is InChI=1S/C24H19Br2NO5/c25-19-10-14(12-22(29)30)11-20(26)23(19)32-17-8-9-21(28)18(13-17)24(31)27(16-6-7-16)15-4-2-1-3-5-15/h1-5,8-11,13,16,28H,6-7,12H2,(H,29,30). The number of halogens is 2. The zero-order valence-corrected chi connectivity index (χ0v) is 20.0. The molecule has 3 aromatic carbocycles. The lowest BCUT2D eigenvalue weighted by Crippen LogP contribution is -2.33. The normalized spacial score (nSPS) is 12.9. The summed E-state index contributed by atoms with van der Waals surface area (Å²) in [7, 11) is 0. The van der Waals surface area contributed by atoms with E-state index in [2.05, 4.69) is 31.9 Å². The molecule has 0 unspecified atom stereocenters.